The molecule has 1 amide bonds. The largest absolute Gasteiger partial charge is 0.345 e. The van der Waals surface area contributed by atoms with E-state index in [1.165, 1.54) is 6.92 Å². The molecule has 0 bridgehead atoms. The molecule has 0 unspecified atom stereocenters. The topological polar surface area (TPSA) is 102 Å². The van der Waals surface area contributed by atoms with Crippen LogP contribution in [0.5, 0.6) is 0 Å². The molecule has 0 aliphatic carbocycles. The van der Waals surface area contributed by atoms with Crippen LogP contribution in [-0.2, 0) is 9.59 Å². The monoisotopic (exact) mass is 243 g/mol. The van der Waals surface area contributed by atoms with Gasteiger partial charge in [-0.15, -0.1) is 0 Å². The molecule has 0 saturated heterocycles. The van der Waals surface area contributed by atoms with Crippen molar-refractivity contribution in [3.05, 3.63) is 16.3 Å². The van der Waals surface area contributed by atoms with E-state index in [9.17, 15) is 19.7 Å². The Morgan fingerprint density at radius 3 is 2.75 bits per heavy atom. The molecule has 8 heteroatoms. The molecule has 0 atom stereocenters. The van der Waals surface area contributed by atoms with E-state index < -0.39 is 4.92 Å². The third-order valence-corrected chi connectivity index (χ3v) is 2.49. The number of aromatic nitrogens is 1. The van der Waals surface area contributed by atoms with Gasteiger partial charge in [-0.2, -0.15) is 0 Å². The summed E-state index contributed by atoms with van der Waals surface area (Å²) in [5.41, 5.74) is 0. The molecular formula is C8H9N3O4S. The lowest BCUT2D eigenvalue weighted by Crippen LogP contribution is -2.12. The predicted octanol–water partition coefficient (Wildman–Crippen LogP) is 1.36. The Hall–Kier alpha value is -1.83. The summed E-state index contributed by atoms with van der Waals surface area (Å²) < 4.78 is 0. The number of nitrogens with one attached hydrogen (secondary N) is 1. The van der Waals surface area contributed by atoms with Crippen LogP contribution in [0.25, 0.3) is 0 Å². The highest BCUT2D eigenvalue weighted by molar-refractivity contribution is 7.18. The Kier molecular flexibility index (Phi) is 4.06. The summed E-state index contributed by atoms with van der Waals surface area (Å²) in [5.74, 6) is -0.459. The minimum Gasteiger partial charge on any atom is -0.302 e. The van der Waals surface area contributed by atoms with Gasteiger partial charge in [0, 0.05) is 12.8 Å². The molecule has 1 aromatic heterocycles. The first-order valence-electron chi connectivity index (χ1n) is 4.38. The van der Waals surface area contributed by atoms with Gasteiger partial charge in [-0.25, -0.2) is 4.98 Å². The zero-order chi connectivity index (χ0) is 12.1. The highest BCUT2D eigenvalue weighted by Crippen LogP contribution is 2.24. The van der Waals surface area contributed by atoms with Gasteiger partial charge >= 0.3 is 5.00 Å². The average Bonchev–Trinajstić information content (AvgIpc) is 2.63. The Morgan fingerprint density at radius 2 is 2.25 bits per heavy atom. The minimum atomic E-state index is -0.580. The van der Waals surface area contributed by atoms with Crippen molar-refractivity contribution in [2.75, 3.05) is 5.32 Å². The zero-order valence-corrected chi connectivity index (χ0v) is 9.24. The predicted molar refractivity (Wildman–Crippen MR) is 57.3 cm³/mol. The third kappa shape index (κ3) is 3.73. The molecular weight excluding hydrogens is 234 g/mol. The summed E-state index contributed by atoms with van der Waals surface area (Å²) in [6.45, 7) is 1.39. The van der Waals surface area contributed by atoms with E-state index in [1.54, 1.807) is 0 Å². The Bertz CT molecular complexity index is 429. The average molecular weight is 243 g/mol. The number of nitrogens with zero attached hydrogens (tertiary/aromatic N) is 2. The van der Waals surface area contributed by atoms with Crippen molar-refractivity contribution in [2.24, 2.45) is 0 Å². The van der Waals surface area contributed by atoms with Crippen LogP contribution >= 0.6 is 11.3 Å². The zero-order valence-electron chi connectivity index (χ0n) is 8.43. The number of nitro groups is 1. The number of Topliss-reactive ketones (excluding diaryl/α,β-unsaturated/α-hetero) is 1. The van der Waals surface area contributed by atoms with Crippen molar-refractivity contribution in [1.29, 1.82) is 0 Å². The van der Waals surface area contributed by atoms with Crippen molar-refractivity contribution in [3.8, 4) is 0 Å². The number of anilines is 1. The van der Waals surface area contributed by atoms with Crippen LogP contribution < -0.4 is 5.32 Å². The molecule has 0 spiro atoms. The highest BCUT2D eigenvalue weighted by atomic mass is 32.1. The van der Waals surface area contributed by atoms with E-state index in [4.69, 9.17) is 0 Å². The van der Waals surface area contributed by atoms with Crippen LogP contribution in [0.15, 0.2) is 6.20 Å². The molecule has 1 aromatic rings. The number of carbonyl (C=O) groups is 2. The Morgan fingerprint density at radius 1 is 1.56 bits per heavy atom. The van der Waals surface area contributed by atoms with E-state index >= 15 is 0 Å². The molecule has 0 aliphatic heterocycles. The Balaban J connectivity index is 2.49. The number of carbonyl (C=O) groups excluding carboxylic acids is 2. The van der Waals surface area contributed by atoms with Gasteiger partial charge in [-0.05, 0) is 18.3 Å². The van der Waals surface area contributed by atoms with Crippen molar-refractivity contribution in [3.63, 3.8) is 0 Å². The molecule has 1 heterocycles. The minimum absolute atomic E-state index is 0.0582. The second kappa shape index (κ2) is 5.31. The molecule has 0 aliphatic rings. The third-order valence-electron chi connectivity index (χ3n) is 1.62. The summed E-state index contributed by atoms with van der Waals surface area (Å²) in [6.07, 6.45) is 1.28. The molecule has 16 heavy (non-hydrogen) atoms. The molecule has 0 saturated carbocycles. The quantitative estimate of drug-likeness (QED) is 0.621. The van der Waals surface area contributed by atoms with Gasteiger partial charge in [-0.1, -0.05) is 0 Å². The van der Waals surface area contributed by atoms with Crippen molar-refractivity contribution in [2.45, 2.75) is 19.8 Å². The first-order valence-corrected chi connectivity index (χ1v) is 5.20. The lowest BCUT2D eigenvalue weighted by atomic mass is 10.2. The number of ketones is 1. The lowest BCUT2D eigenvalue weighted by Gasteiger charge is -1.98. The molecule has 1 N–H and O–H groups in total. The van der Waals surface area contributed by atoms with Gasteiger partial charge in [0.2, 0.25) is 5.91 Å². The van der Waals surface area contributed by atoms with Crippen LogP contribution in [0.2, 0.25) is 0 Å². The number of thiazole rings is 1. The van der Waals surface area contributed by atoms with Gasteiger partial charge in [-0.3, -0.25) is 14.9 Å². The summed E-state index contributed by atoms with van der Waals surface area (Å²) in [6, 6.07) is 0. The fraction of sp³-hybridized carbons (Fsp3) is 0.375. The number of hydrogen-bond acceptors (Lipinski definition) is 6. The van der Waals surface area contributed by atoms with Gasteiger partial charge in [0.15, 0.2) is 5.13 Å². The number of amides is 1. The van der Waals surface area contributed by atoms with Gasteiger partial charge in [0.05, 0.1) is 4.92 Å². The van der Waals surface area contributed by atoms with Crippen molar-refractivity contribution < 1.29 is 14.5 Å². The fourth-order valence-electron chi connectivity index (χ4n) is 0.879. The normalized spacial score (nSPS) is 9.81. The van der Waals surface area contributed by atoms with E-state index in [2.05, 4.69) is 10.3 Å². The molecule has 0 fully saturated rings. The second-order valence-electron chi connectivity index (χ2n) is 3.01. The maximum atomic E-state index is 11.2. The SMILES string of the molecule is CC(=O)CCC(=O)Nc1ncc([N+](=O)[O-])s1. The maximum Gasteiger partial charge on any atom is 0.345 e. The highest BCUT2D eigenvalue weighted by Gasteiger charge is 2.13. The van der Waals surface area contributed by atoms with E-state index in [1.807, 2.05) is 0 Å². The summed E-state index contributed by atoms with van der Waals surface area (Å²) in [5, 5.41) is 12.7. The van der Waals surface area contributed by atoms with Gasteiger partial charge < -0.3 is 10.1 Å². The second-order valence-corrected chi connectivity index (χ2v) is 4.02. The molecule has 7 nitrogen and oxygen atoms in total. The van der Waals surface area contributed by atoms with Crippen molar-refractivity contribution in [1.82, 2.24) is 4.98 Å². The fourth-order valence-corrected chi connectivity index (χ4v) is 1.53. The van der Waals surface area contributed by atoms with Crippen molar-refractivity contribution >= 4 is 33.2 Å². The first kappa shape index (κ1) is 12.2. The summed E-state index contributed by atoms with van der Waals surface area (Å²) >= 11 is 0.777. The van der Waals surface area contributed by atoms with Crippen LogP contribution in [-0.4, -0.2) is 21.6 Å². The van der Waals surface area contributed by atoms with Gasteiger partial charge in [0.25, 0.3) is 0 Å². The van der Waals surface area contributed by atoms with Gasteiger partial charge in [0.1, 0.15) is 12.0 Å². The number of hydrogen-bond donors (Lipinski definition) is 1. The van der Waals surface area contributed by atoms with Crippen LogP contribution in [0.1, 0.15) is 19.8 Å². The molecule has 0 radical (unpaired) electrons. The molecule has 0 aromatic carbocycles. The molecule has 86 valence electrons. The maximum absolute atomic E-state index is 11.2. The van der Waals surface area contributed by atoms with Crippen LogP contribution in [0, 0.1) is 10.1 Å². The Labute approximate surface area is 94.6 Å². The van der Waals surface area contributed by atoms with Crippen LogP contribution in [0.3, 0.4) is 0 Å². The smallest absolute Gasteiger partial charge is 0.302 e. The summed E-state index contributed by atoms with van der Waals surface area (Å²) in [7, 11) is 0. The number of rotatable bonds is 5. The van der Waals surface area contributed by atoms with E-state index in [-0.39, 0.29) is 34.7 Å². The van der Waals surface area contributed by atoms with Crippen LogP contribution in [0.4, 0.5) is 10.1 Å². The first-order chi connectivity index (χ1) is 7.49. The summed E-state index contributed by atoms with van der Waals surface area (Å²) in [4.78, 5) is 35.3. The molecule has 1 rings (SSSR count). The lowest BCUT2D eigenvalue weighted by molar-refractivity contribution is -0.380. The van der Waals surface area contributed by atoms with E-state index in [0.717, 1.165) is 17.5 Å². The van der Waals surface area contributed by atoms with E-state index in [0.29, 0.717) is 0 Å². The standard InChI is InChI=1S/C8H9N3O4S/c1-5(12)2-3-6(13)10-8-9-4-7(16-8)11(14)15/h4H,2-3H2,1H3,(H,9,10,13).